The zero-order valence-electron chi connectivity index (χ0n) is 12.9. The number of nitrogens with one attached hydrogen (secondary N) is 2. The molecule has 0 radical (unpaired) electrons. The third-order valence-corrected chi connectivity index (χ3v) is 3.10. The molecular weight excluding hydrogens is 299 g/mol. The molecule has 0 aromatic heterocycles. The van der Waals surface area contributed by atoms with Crippen LogP contribution in [0.5, 0.6) is 5.75 Å². The minimum Gasteiger partial charge on any atom is -0.495 e. The fourth-order valence-electron chi connectivity index (χ4n) is 2.10. The van der Waals surface area contributed by atoms with E-state index in [0.29, 0.717) is 22.7 Å². The molecule has 0 saturated heterocycles. The minimum atomic E-state index is -0.429. The summed E-state index contributed by atoms with van der Waals surface area (Å²) in [6.45, 7) is 1.39. The number of methoxy groups -OCH3 is 1. The number of hydrogen-bond donors (Lipinski definition) is 2. The molecule has 2 amide bonds. The highest BCUT2D eigenvalue weighted by molar-refractivity contribution is 5.95. The summed E-state index contributed by atoms with van der Waals surface area (Å²) in [6.07, 6.45) is -0.0970. The highest BCUT2D eigenvalue weighted by atomic mass is 19.1. The van der Waals surface area contributed by atoms with E-state index < -0.39 is 5.82 Å². The van der Waals surface area contributed by atoms with E-state index in [1.165, 1.54) is 20.1 Å². The van der Waals surface area contributed by atoms with Crippen molar-refractivity contribution in [3.05, 3.63) is 53.8 Å². The fraction of sp³-hybridized carbons (Fsp3) is 0.176. The number of amides is 2. The molecule has 120 valence electrons. The smallest absolute Gasteiger partial charge is 0.229 e. The molecule has 23 heavy (non-hydrogen) atoms. The topological polar surface area (TPSA) is 67.4 Å². The molecule has 2 rings (SSSR count). The number of halogens is 1. The van der Waals surface area contributed by atoms with Crippen LogP contribution in [0.3, 0.4) is 0 Å². The molecule has 0 fully saturated rings. The third-order valence-electron chi connectivity index (χ3n) is 3.10. The van der Waals surface area contributed by atoms with Crippen LogP contribution in [0.4, 0.5) is 15.8 Å². The van der Waals surface area contributed by atoms with Gasteiger partial charge in [-0.2, -0.15) is 0 Å². The summed E-state index contributed by atoms with van der Waals surface area (Å²) in [5, 5.41) is 5.29. The highest BCUT2D eigenvalue weighted by Gasteiger charge is 2.12. The number of benzene rings is 2. The van der Waals surface area contributed by atoms with Gasteiger partial charge < -0.3 is 15.4 Å². The Morgan fingerprint density at radius 2 is 1.87 bits per heavy atom. The first-order valence-electron chi connectivity index (χ1n) is 6.98. The molecule has 6 heteroatoms. The molecule has 0 saturated carbocycles. The van der Waals surface area contributed by atoms with E-state index in [4.69, 9.17) is 4.74 Å². The van der Waals surface area contributed by atoms with Gasteiger partial charge >= 0.3 is 0 Å². The second-order valence-corrected chi connectivity index (χ2v) is 4.91. The molecule has 2 aromatic carbocycles. The fourth-order valence-corrected chi connectivity index (χ4v) is 2.10. The predicted molar refractivity (Wildman–Crippen MR) is 86.0 cm³/mol. The van der Waals surface area contributed by atoms with Gasteiger partial charge in [0.1, 0.15) is 11.6 Å². The minimum absolute atomic E-state index is 0.0970. The summed E-state index contributed by atoms with van der Waals surface area (Å²) in [6, 6.07) is 11.0. The molecule has 0 aliphatic carbocycles. The molecular formula is C17H17FN2O3. The van der Waals surface area contributed by atoms with Crippen LogP contribution >= 0.6 is 0 Å². The number of ether oxygens (including phenoxy) is 1. The highest BCUT2D eigenvalue weighted by Crippen LogP contribution is 2.28. The van der Waals surface area contributed by atoms with Crippen molar-refractivity contribution >= 4 is 23.2 Å². The standard InChI is InChI=1S/C17H17FN2O3/c1-11(21)19-13-7-8-16(23-2)15(10-13)20-17(22)9-12-5-3-4-6-14(12)18/h3-8,10H,9H2,1-2H3,(H,19,21)(H,20,22). The van der Waals surface area contributed by atoms with Gasteiger partial charge in [-0.15, -0.1) is 0 Å². The average Bonchev–Trinajstić information content (AvgIpc) is 2.49. The molecule has 0 bridgehead atoms. The van der Waals surface area contributed by atoms with E-state index in [-0.39, 0.29) is 18.2 Å². The molecule has 0 aliphatic rings. The summed E-state index contributed by atoms with van der Waals surface area (Å²) in [4.78, 5) is 23.2. The Hall–Kier alpha value is -2.89. The van der Waals surface area contributed by atoms with E-state index in [1.54, 1.807) is 36.4 Å². The summed E-state index contributed by atoms with van der Waals surface area (Å²) < 4.78 is 18.8. The quantitative estimate of drug-likeness (QED) is 0.891. The van der Waals surface area contributed by atoms with E-state index >= 15 is 0 Å². The van der Waals surface area contributed by atoms with Crippen molar-refractivity contribution in [3.8, 4) is 5.75 Å². The van der Waals surface area contributed by atoms with E-state index in [9.17, 15) is 14.0 Å². The first-order valence-corrected chi connectivity index (χ1v) is 6.98. The molecule has 2 aromatic rings. The summed E-state index contributed by atoms with van der Waals surface area (Å²) >= 11 is 0. The summed E-state index contributed by atoms with van der Waals surface area (Å²) in [5.41, 5.74) is 1.24. The van der Waals surface area contributed by atoms with Crippen LogP contribution in [0, 0.1) is 5.82 Å². The Bertz CT molecular complexity index is 732. The maximum absolute atomic E-state index is 13.6. The number of rotatable bonds is 5. The van der Waals surface area contributed by atoms with Crippen LogP contribution in [0.15, 0.2) is 42.5 Å². The van der Waals surface area contributed by atoms with Crippen molar-refractivity contribution in [2.75, 3.05) is 17.7 Å². The second-order valence-electron chi connectivity index (χ2n) is 4.91. The van der Waals surface area contributed by atoms with Crippen LogP contribution in [-0.4, -0.2) is 18.9 Å². The molecule has 0 aliphatic heterocycles. The van der Waals surface area contributed by atoms with Gasteiger partial charge in [0.2, 0.25) is 11.8 Å². The van der Waals surface area contributed by atoms with Crippen LogP contribution < -0.4 is 15.4 Å². The average molecular weight is 316 g/mol. The summed E-state index contributed by atoms with van der Waals surface area (Å²) in [7, 11) is 1.47. The summed E-state index contributed by atoms with van der Waals surface area (Å²) in [5.74, 6) is -0.588. The Morgan fingerprint density at radius 1 is 1.13 bits per heavy atom. The van der Waals surface area contributed by atoms with Gasteiger partial charge in [0.15, 0.2) is 0 Å². The lowest BCUT2D eigenvalue weighted by Crippen LogP contribution is -2.16. The molecule has 0 unspecified atom stereocenters. The first kappa shape index (κ1) is 16.5. The molecule has 0 atom stereocenters. The van der Waals surface area contributed by atoms with Gasteiger partial charge in [-0.05, 0) is 29.8 Å². The molecule has 2 N–H and O–H groups in total. The third kappa shape index (κ3) is 4.54. The lowest BCUT2D eigenvalue weighted by molar-refractivity contribution is -0.116. The maximum Gasteiger partial charge on any atom is 0.229 e. The van der Waals surface area contributed by atoms with Crippen LogP contribution in [0.2, 0.25) is 0 Å². The van der Waals surface area contributed by atoms with Crippen molar-refractivity contribution in [2.45, 2.75) is 13.3 Å². The van der Waals surface area contributed by atoms with Crippen molar-refractivity contribution in [1.82, 2.24) is 0 Å². The first-order chi connectivity index (χ1) is 11.0. The monoisotopic (exact) mass is 316 g/mol. The van der Waals surface area contributed by atoms with Crippen molar-refractivity contribution < 1.29 is 18.7 Å². The van der Waals surface area contributed by atoms with Crippen molar-refractivity contribution in [1.29, 1.82) is 0 Å². The van der Waals surface area contributed by atoms with Crippen LogP contribution in [-0.2, 0) is 16.0 Å². The maximum atomic E-state index is 13.6. The van der Waals surface area contributed by atoms with Gasteiger partial charge in [-0.3, -0.25) is 9.59 Å². The largest absolute Gasteiger partial charge is 0.495 e. The Kier molecular flexibility index (Phi) is 5.30. The molecule has 5 nitrogen and oxygen atoms in total. The van der Waals surface area contributed by atoms with E-state index in [2.05, 4.69) is 10.6 Å². The van der Waals surface area contributed by atoms with E-state index in [1.807, 2.05) is 0 Å². The second kappa shape index (κ2) is 7.40. The lowest BCUT2D eigenvalue weighted by atomic mass is 10.1. The predicted octanol–water partition coefficient (Wildman–Crippen LogP) is 2.97. The zero-order chi connectivity index (χ0) is 16.8. The number of anilines is 2. The van der Waals surface area contributed by atoms with Gasteiger partial charge in [0.25, 0.3) is 0 Å². The number of hydrogen-bond acceptors (Lipinski definition) is 3. The number of carbonyl (C=O) groups excluding carboxylic acids is 2. The number of carbonyl (C=O) groups is 2. The van der Waals surface area contributed by atoms with Crippen molar-refractivity contribution in [2.24, 2.45) is 0 Å². The zero-order valence-corrected chi connectivity index (χ0v) is 12.9. The van der Waals surface area contributed by atoms with Gasteiger partial charge in [-0.25, -0.2) is 4.39 Å². The Balaban J connectivity index is 2.15. The van der Waals surface area contributed by atoms with Gasteiger partial charge in [-0.1, -0.05) is 18.2 Å². The lowest BCUT2D eigenvalue weighted by Gasteiger charge is -2.12. The Morgan fingerprint density at radius 3 is 2.52 bits per heavy atom. The van der Waals surface area contributed by atoms with E-state index in [0.717, 1.165) is 0 Å². The Labute approximate surface area is 133 Å². The van der Waals surface area contributed by atoms with Gasteiger partial charge in [0.05, 0.1) is 19.2 Å². The molecule has 0 spiro atoms. The normalized spacial score (nSPS) is 10.0. The molecule has 0 heterocycles. The SMILES string of the molecule is COc1ccc(NC(C)=O)cc1NC(=O)Cc1ccccc1F. The van der Waals surface area contributed by atoms with Crippen molar-refractivity contribution in [3.63, 3.8) is 0 Å². The van der Waals surface area contributed by atoms with Crippen LogP contribution in [0.25, 0.3) is 0 Å². The van der Waals surface area contributed by atoms with Gasteiger partial charge in [0, 0.05) is 12.6 Å². The van der Waals surface area contributed by atoms with Crippen LogP contribution in [0.1, 0.15) is 12.5 Å².